The van der Waals surface area contributed by atoms with Crippen LogP contribution < -0.4 is 0 Å². The lowest BCUT2D eigenvalue weighted by Crippen LogP contribution is -2.11. The molecule has 0 fully saturated rings. The zero-order valence-electron chi connectivity index (χ0n) is 9.10. The summed E-state index contributed by atoms with van der Waals surface area (Å²) in [5.74, 6) is 0. The lowest BCUT2D eigenvalue weighted by atomic mass is 10.1. The van der Waals surface area contributed by atoms with Crippen LogP contribution >= 0.6 is 15.9 Å². The summed E-state index contributed by atoms with van der Waals surface area (Å²) >= 11 is 3.06. The van der Waals surface area contributed by atoms with Gasteiger partial charge < -0.3 is 9.47 Å². The first kappa shape index (κ1) is 14.5. The van der Waals surface area contributed by atoms with Crippen molar-refractivity contribution in [1.82, 2.24) is 0 Å². The zero-order valence-corrected chi connectivity index (χ0v) is 10.7. The monoisotopic (exact) mass is 311 g/mol. The van der Waals surface area contributed by atoms with Gasteiger partial charge in [0.25, 0.3) is 0 Å². The van der Waals surface area contributed by atoms with Gasteiger partial charge in [0.15, 0.2) is 0 Å². The Morgan fingerprint density at radius 2 is 2.00 bits per heavy atom. The number of rotatable bonds is 5. The standard InChI is InChI=1S/C11H11BrF3O2/c1-2-16-7-17-6-8-9(11(13,14)15)4-3-5-10(8)12/h4-5H,2,6-7H2,1H3. The molecule has 0 bridgehead atoms. The second kappa shape index (κ2) is 6.37. The maximum atomic E-state index is 12.7. The molecule has 0 heterocycles. The van der Waals surface area contributed by atoms with Crippen molar-refractivity contribution in [2.24, 2.45) is 0 Å². The Balaban J connectivity index is 2.81. The summed E-state index contributed by atoms with van der Waals surface area (Å²) < 4.78 is 48.3. The molecule has 6 heteroatoms. The second-order valence-electron chi connectivity index (χ2n) is 3.15. The Bertz CT molecular complexity index is 366. The van der Waals surface area contributed by atoms with Crippen LogP contribution in [0.4, 0.5) is 13.2 Å². The minimum absolute atomic E-state index is 0.0289. The van der Waals surface area contributed by atoms with E-state index in [-0.39, 0.29) is 19.0 Å². The lowest BCUT2D eigenvalue weighted by molar-refractivity contribution is -0.139. The fourth-order valence-corrected chi connectivity index (χ4v) is 1.65. The Morgan fingerprint density at radius 1 is 1.29 bits per heavy atom. The normalized spacial score (nSPS) is 11.8. The third-order valence-corrected chi connectivity index (χ3v) is 2.68. The van der Waals surface area contributed by atoms with Crippen molar-refractivity contribution < 1.29 is 22.6 Å². The van der Waals surface area contributed by atoms with E-state index in [0.29, 0.717) is 11.1 Å². The van der Waals surface area contributed by atoms with E-state index in [0.717, 1.165) is 6.07 Å². The summed E-state index contributed by atoms with van der Waals surface area (Å²) in [5.41, 5.74) is -0.695. The summed E-state index contributed by atoms with van der Waals surface area (Å²) in [4.78, 5) is 0. The van der Waals surface area contributed by atoms with Crippen molar-refractivity contribution >= 4 is 15.9 Å². The van der Waals surface area contributed by atoms with Gasteiger partial charge in [-0.1, -0.05) is 15.9 Å². The van der Waals surface area contributed by atoms with Crippen molar-refractivity contribution in [3.63, 3.8) is 0 Å². The highest BCUT2D eigenvalue weighted by Crippen LogP contribution is 2.35. The van der Waals surface area contributed by atoms with Crippen molar-refractivity contribution in [2.75, 3.05) is 13.4 Å². The Morgan fingerprint density at radius 3 is 2.59 bits per heavy atom. The topological polar surface area (TPSA) is 18.5 Å². The number of halogens is 4. The first-order valence-corrected chi connectivity index (χ1v) is 5.67. The summed E-state index contributed by atoms with van der Waals surface area (Å²) in [5, 5.41) is 0. The minimum atomic E-state index is -4.41. The van der Waals surface area contributed by atoms with Gasteiger partial charge in [-0.3, -0.25) is 0 Å². The molecule has 0 atom stereocenters. The van der Waals surface area contributed by atoms with E-state index in [9.17, 15) is 13.2 Å². The smallest absolute Gasteiger partial charge is 0.356 e. The van der Waals surface area contributed by atoms with Gasteiger partial charge in [0.05, 0.1) is 12.2 Å². The van der Waals surface area contributed by atoms with E-state index >= 15 is 0 Å². The fourth-order valence-electron chi connectivity index (χ4n) is 1.19. The van der Waals surface area contributed by atoms with Crippen molar-refractivity contribution in [3.8, 4) is 0 Å². The van der Waals surface area contributed by atoms with Gasteiger partial charge in [0.1, 0.15) is 6.79 Å². The highest BCUT2D eigenvalue weighted by Gasteiger charge is 2.33. The number of alkyl halides is 3. The summed E-state index contributed by atoms with van der Waals surface area (Å²) in [7, 11) is 0. The SMILES string of the molecule is CCOCOCc1c(Br)c[c]cc1C(F)(F)F. The molecule has 95 valence electrons. The maximum absolute atomic E-state index is 12.7. The average Bonchev–Trinajstić information content (AvgIpc) is 2.24. The van der Waals surface area contributed by atoms with Gasteiger partial charge in [-0.2, -0.15) is 13.2 Å². The third kappa shape index (κ3) is 4.29. The van der Waals surface area contributed by atoms with Gasteiger partial charge in [-0.05, 0) is 25.1 Å². The second-order valence-corrected chi connectivity index (χ2v) is 4.01. The van der Waals surface area contributed by atoms with Crippen LogP contribution in [0.5, 0.6) is 0 Å². The number of ether oxygens (including phenoxy) is 2. The van der Waals surface area contributed by atoms with Crippen molar-refractivity contribution in [1.29, 1.82) is 0 Å². The highest BCUT2D eigenvalue weighted by atomic mass is 79.9. The molecule has 0 saturated heterocycles. The van der Waals surface area contributed by atoms with Crippen molar-refractivity contribution in [3.05, 3.63) is 33.8 Å². The van der Waals surface area contributed by atoms with Crippen molar-refractivity contribution in [2.45, 2.75) is 19.7 Å². The largest absolute Gasteiger partial charge is 0.416 e. The van der Waals surface area contributed by atoms with Crippen LogP contribution in [0.1, 0.15) is 18.1 Å². The summed E-state index contributed by atoms with van der Waals surface area (Å²) in [6.45, 7) is 2.04. The van der Waals surface area contributed by atoms with E-state index < -0.39 is 11.7 Å². The number of benzene rings is 1. The van der Waals surface area contributed by atoms with Gasteiger partial charge in [-0.25, -0.2) is 0 Å². The van der Waals surface area contributed by atoms with Crippen LogP contribution in [0.3, 0.4) is 0 Å². The Labute approximate surface area is 106 Å². The molecule has 0 N–H and O–H groups in total. The molecule has 0 aliphatic carbocycles. The number of hydrogen-bond acceptors (Lipinski definition) is 2. The summed E-state index contributed by atoms with van der Waals surface area (Å²) in [6.07, 6.45) is -4.41. The molecule has 0 unspecified atom stereocenters. The van der Waals surface area contributed by atoms with Gasteiger partial charge in [-0.15, -0.1) is 0 Å². The Kier molecular flexibility index (Phi) is 5.42. The maximum Gasteiger partial charge on any atom is 0.416 e. The van der Waals surface area contributed by atoms with Gasteiger partial charge >= 0.3 is 6.18 Å². The van der Waals surface area contributed by atoms with E-state index in [1.165, 1.54) is 6.07 Å². The molecule has 17 heavy (non-hydrogen) atoms. The van der Waals surface area contributed by atoms with Gasteiger partial charge in [0.2, 0.25) is 0 Å². The number of hydrogen-bond donors (Lipinski definition) is 0. The average molecular weight is 312 g/mol. The van der Waals surface area contributed by atoms with E-state index in [4.69, 9.17) is 9.47 Å². The molecule has 2 nitrogen and oxygen atoms in total. The molecule has 1 radical (unpaired) electrons. The molecule has 0 amide bonds. The molecular weight excluding hydrogens is 301 g/mol. The predicted octanol–water partition coefficient (Wildman–Crippen LogP) is 3.78. The van der Waals surface area contributed by atoms with E-state index in [2.05, 4.69) is 22.0 Å². The quantitative estimate of drug-likeness (QED) is 0.608. The molecule has 0 aromatic heterocycles. The first-order valence-electron chi connectivity index (χ1n) is 4.88. The molecule has 1 aromatic rings. The van der Waals surface area contributed by atoms with Crippen LogP contribution in [0.25, 0.3) is 0 Å². The van der Waals surface area contributed by atoms with E-state index in [1.54, 1.807) is 6.92 Å². The first-order chi connectivity index (χ1) is 7.96. The highest BCUT2D eigenvalue weighted by molar-refractivity contribution is 9.10. The molecular formula is C11H11BrF3O2. The fraction of sp³-hybridized carbons (Fsp3) is 0.455. The van der Waals surface area contributed by atoms with Crippen LogP contribution in [0, 0.1) is 6.07 Å². The molecule has 0 aliphatic heterocycles. The van der Waals surface area contributed by atoms with E-state index in [1.807, 2.05) is 0 Å². The molecule has 1 aromatic carbocycles. The van der Waals surface area contributed by atoms with Crippen LogP contribution in [0.15, 0.2) is 16.6 Å². The van der Waals surface area contributed by atoms with Crippen LogP contribution in [-0.2, 0) is 22.3 Å². The molecule has 1 rings (SSSR count). The lowest BCUT2D eigenvalue weighted by Gasteiger charge is -2.14. The van der Waals surface area contributed by atoms with Gasteiger partial charge in [0, 0.05) is 16.6 Å². The predicted molar refractivity (Wildman–Crippen MR) is 59.3 cm³/mol. The molecule has 0 aliphatic rings. The van der Waals surface area contributed by atoms with Crippen LogP contribution in [0.2, 0.25) is 0 Å². The summed E-state index contributed by atoms with van der Waals surface area (Å²) in [6, 6.07) is 4.76. The third-order valence-electron chi connectivity index (χ3n) is 1.97. The molecule has 0 spiro atoms. The minimum Gasteiger partial charge on any atom is -0.356 e. The van der Waals surface area contributed by atoms with Crippen LogP contribution in [-0.4, -0.2) is 13.4 Å². The Hall–Kier alpha value is -0.590. The zero-order chi connectivity index (χ0) is 12.9. The molecule has 0 saturated carbocycles.